The van der Waals surface area contributed by atoms with E-state index < -0.39 is 46.4 Å². The monoisotopic (exact) mass is 649 g/mol. The maximum atomic E-state index is 16.8. The van der Waals surface area contributed by atoms with E-state index in [4.69, 9.17) is 20.2 Å². The minimum absolute atomic E-state index is 0.00215. The summed E-state index contributed by atoms with van der Waals surface area (Å²) in [6.07, 6.45) is -2.72. The van der Waals surface area contributed by atoms with Crippen molar-refractivity contribution in [2.45, 2.75) is 87.8 Å². The van der Waals surface area contributed by atoms with Gasteiger partial charge >= 0.3 is 12.2 Å². The van der Waals surface area contributed by atoms with Gasteiger partial charge in [-0.15, -0.1) is 0 Å². The van der Waals surface area contributed by atoms with Crippen molar-refractivity contribution in [3.63, 3.8) is 0 Å². The van der Waals surface area contributed by atoms with Crippen molar-refractivity contribution >= 4 is 22.4 Å². The van der Waals surface area contributed by atoms with Crippen molar-refractivity contribution in [2.75, 3.05) is 36.9 Å². The molecule has 5 aliphatic rings. The fourth-order valence-corrected chi connectivity index (χ4v) is 8.58. The fraction of sp³-hybridized carbons (Fsp3) is 0.581. The zero-order valence-corrected chi connectivity index (χ0v) is 25.2. The Bertz CT molecular complexity index is 1760. The molecule has 1 aromatic carbocycles. The minimum Gasteiger partial charge on any atom is -0.472 e. The molecule has 0 amide bonds. The molecular formula is C31H33F6N7O2. The number of nitrogens with two attached hydrogens (primary N) is 1. The average Bonchev–Trinajstić information content (AvgIpc) is 3.57. The number of pyridine rings is 1. The van der Waals surface area contributed by atoms with Gasteiger partial charge in [0.1, 0.15) is 35.1 Å². The van der Waals surface area contributed by atoms with E-state index in [1.165, 1.54) is 13.0 Å². The molecule has 5 aliphatic heterocycles. The van der Waals surface area contributed by atoms with Crippen molar-refractivity contribution in [1.82, 2.24) is 25.2 Å². The number of nitrogens with one attached hydrogen (secondary N) is 1. The Morgan fingerprint density at radius 1 is 1.17 bits per heavy atom. The molecule has 4 saturated heterocycles. The number of fused-ring (bicyclic) bond motifs is 6. The second kappa shape index (κ2) is 9.96. The normalized spacial score (nSPS) is 29.9. The molecule has 246 valence electrons. The first kappa shape index (κ1) is 29.8. The summed E-state index contributed by atoms with van der Waals surface area (Å²) >= 11 is 0. The SMILES string of the molecule is Cc1cc(N)cc(-c2nc3c4c(nc(OC[C@]56CCCN5CC(F)(F)C6)nc4c2F)N2C[C@H]4CC[C@H](N4)[C@H]2[C@H](C)O3)c1C(F)(F)F. The molecule has 15 heteroatoms. The lowest BCUT2D eigenvalue weighted by molar-refractivity contribution is -0.137. The number of anilines is 2. The van der Waals surface area contributed by atoms with Crippen LogP contribution in [0.3, 0.4) is 0 Å². The van der Waals surface area contributed by atoms with Crippen LogP contribution >= 0.6 is 0 Å². The maximum Gasteiger partial charge on any atom is 0.417 e. The third-order valence-electron chi connectivity index (χ3n) is 10.3. The third kappa shape index (κ3) is 4.55. The lowest BCUT2D eigenvalue weighted by Crippen LogP contribution is -2.62. The number of piperazine rings is 1. The van der Waals surface area contributed by atoms with Crippen LogP contribution in [-0.2, 0) is 6.18 Å². The molecule has 0 spiro atoms. The number of ether oxygens (including phenoxy) is 2. The van der Waals surface area contributed by atoms with Crippen molar-refractivity contribution in [3.8, 4) is 23.1 Å². The number of nitrogens with zero attached hydrogens (tertiary/aromatic N) is 5. The summed E-state index contributed by atoms with van der Waals surface area (Å²) in [5, 5.41) is 3.71. The number of nitrogen functional groups attached to an aromatic ring is 1. The summed E-state index contributed by atoms with van der Waals surface area (Å²) in [5.74, 6) is -3.80. The predicted octanol–water partition coefficient (Wildman–Crippen LogP) is 5.08. The molecule has 3 aromatic rings. The largest absolute Gasteiger partial charge is 0.472 e. The van der Waals surface area contributed by atoms with E-state index in [0.29, 0.717) is 19.5 Å². The molecule has 0 unspecified atom stereocenters. The Morgan fingerprint density at radius 2 is 1.98 bits per heavy atom. The van der Waals surface area contributed by atoms with Crippen molar-refractivity contribution in [1.29, 1.82) is 0 Å². The highest BCUT2D eigenvalue weighted by Crippen LogP contribution is 2.48. The number of hydrogen-bond acceptors (Lipinski definition) is 9. The fourth-order valence-electron chi connectivity index (χ4n) is 8.58. The van der Waals surface area contributed by atoms with Gasteiger partial charge < -0.3 is 25.4 Å². The molecule has 8 rings (SSSR count). The highest BCUT2D eigenvalue weighted by atomic mass is 19.4. The van der Waals surface area contributed by atoms with E-state index in [-0.39, 0.29) is 77.6 Å². The minimum atomic E-state index is -4.84. The number of benzene rings is 1. The van der Waals surface area contributed by atoms with Gasteiger partial charge in [0.2, 0.25) is 5.88 Å². The molecule has 5 atom stereocenters. The molecule has 3 N–H and O–H groups in total. The Labute approximate surface area is 260 Å². The van der Waals surface area contributed by atoms with Gasteiger partial charge in [0.15, 0.2) is 5.82 Å². The first-order chi connectivity index (χ1) is 21.7. The molecule has 9 nitrogen and oxygen atoms in total. The number of halogens is 6. The average molecular weight is 650 g/mol. The van der Waals surface area contributed by atoms with E-state index in [0.717, 1.165) is 25.3 Å². The van der Waals surface area contributed by atoms with Crippen LogP contribution in [0, 0.1) is 12.7 Å². The molecule has 0 aliphatic carbocycles. The van der Waals surface area contributed by atoms with Gasteiger partial charge in [-0.2, -0.15) is 23.1 Å². The number of hydrogen-bond donors (Lipinski definition) is 2. The molecule has 7 heterocycles. The van der Waals surface area contributed by atoms with Gasteiger partial charge in [-0.05, 0) is 63.8 Å². The first-order valence-electron chi connectivity index (χ1n) is 15.6. The number of aromatic nitrogens is 3. The molecule has 2 bridgehead atoms. The highest BCUT2D eigenvalue weighted by molar-refractivity contribution is 5.97. The van der Waals surface area contributed by atoms with E-state index in [9.17, 15) is 22.0 Å². The van der Waals surface area contributed by atoms with Crippen LogP contribution in [0.15, 0.2) is 12.1 Å². The Hall–Kier alpha value is -3.59. The van der Waals surface area contributed by atoms with Gasteiger partial charge in [-0.3, -0.25) is 4.90 Å². The van der Waals surface area contributed by atoms with Crippen LogP contribution in [0.5, 0.6) is 11.9 Å². The topological polar surface area (TPSA) is 102 Å². The molecule has 0 saturated carbocycles. The Morgan fingerprint density at radius 3 is 2.76 bits per heavy atom. The summed E-state index contributed by atoms with van der Waals surface area (Å²) < 4.78 is 101. The second-order valence-electron chi connectivity index (χ2n) is 13.5. The van der Waals surface area contributed by atoms with E-state index >= 15 is 4.39 Å². The zero-order chi connectivity index (χ0) is 32.3. The molecule has 0 radical (unpaired) electrons. The van der Waals surface area contributed by atoms with Crippen LogP contribution in [0.2, 0.25) is 0 Å². The van der Waals surface area contributed by atoms with Crippen LogP contribution < -0.4 is 25.4 Å². The van der Waals surface area contributed by atoms with Crippen LogP contribution in [0.4, 0.5) is 37.8 Å². The van der Waals surface area contributed by atoms with Gasteiger partial charge in [-0.1, -0.05) is 0 Å². The summed E-state index contributed by atoms with van der Waals surface area (Å²) in [6, 6.07) is 1.85. The standard InChI is InChI=1S/C31H33F6N7O2/c1-14-8-16(38)9-18(21(14)31(35,36)37)23-22(32)24-20-26(44-10-17-4-5-19(39-17)25(44)15(2)46-27(20)40-23)42-28(41-24)45-13-29-6-3-7-43(29)12-30(33,34)11-29/h8-9,15,17,19,25,39H,3-7,10-13,38H2,1-2H3/t15-,17+,19-,25+,29+/m0/s1. The smallest absolute Gasteiger partial charge is 0.417 e. The second-order valence-corrected chi connectivity index (χ2v) is 13.5. The summed E-state index contributed by atoms with van der Waals surface area (Å²) in [5.41, 5.74) is 2.28. The third-order valence-corrected chi connectivity index (χ3v) is 10.3. The Balaban J connectivity index is 1.32. The van der Waals surface area contributed by atoms with Gasteiger partial charge in [0.05, 0.1) is 23.7 Å². The number of aryl methyl sites for hydroxylation is 1. The van der Waals surface area contributed by atoms with Gasteiger partial charge in [-0.25, -0.2) is 18.2 Å². The number of alkyl halides is 5. The highest BCUT2D eigenvalue weighted by Gasteiger charge is 2.57. The predicted molar refractivity (Wildman–Crippen MR) is 157 cm³/mol. The van der Waals surface area contributed by atoms with E-state index in [1.807, 2.05) is 11.8 Å². The molecule has 4 fully saturated rings. The van der Waals surface area contributed by atoms with Gasteiger partial charge in [0, 0.05) is 36.3 Å². The maximum absolute atomic E-state index is 16.8. The van der Waals surface area contributed by atoms with E-state index in [1.54, 1.807) is 4.90 Å². The van der Waals surface area contributed by atoms with Crippen molar-refractivity contribution in [2.24, 2.45) is 0 Å². The van der Waals surface area contributed by atoms with Crippen LogP contribution in [0.1, 0.15) is 50.2 Å². The van der Waals surface area contributed by atoms with Crippen molar-refractivity contribution in [3.05, 3.63) is 29.1 Å². The summed E-state index contributed by atoms with van der Waals surface area (Å²) in [6.45, 7) is 3.60. The quantitative estimate of drug-likeness (QED) is 0.296. The van der Waals surface area contributed by atoms with Crippen molar-refractivity contribution < 1.29 is 35.8 Å². The lowest BCUT2D eigenvalue weighted by Gasteiger charge is -2.42. The van der Waals surface area contributed by atoms with Crippen LogP contribution in [-0.4, -0.2) is 81.8 Å². The molecular weight excluding hydrogens is 616 g/mol. The lowest BCUT2D eigenvalue weighted by atomic mass is 9.94. The van der Waals surface area contributed by atoms with Crippen LogP contribution in [0.25, 0.3) is 22.2 Å². The van der Waals surface area contributed by atoms with E-state index in [2.05, 4.69) is 15.3 Å². The number of rotatable bonds is 4. The zero-order valence-electron chi connectivity index (χ0n) is 25.2. The first-order valence-corrected chi connectivity index (χ1v) is 15.6. The molecule has 46 heavy (non-hydrogen) atoms. The summed E-state index contributed by atoms with van der Waals surface area (Å²) in [4.78, 5) is 17.2. The van der Waals surface area contributed by atoms with Gasteiger partial charge in [0.25, 0.3) is 5.92 Å². The molecule has 2 aromatic heterocycles. The Kier molecular flexibility index (Phi) is 6.45. The summed E-state index contributed by atoms with van der Waals surface area (Å²) in [7, 11) is 0.